The maximum atomic E-state index is 13.5. The second kappa shape index (κ2) is 9.86. The summed E-state index contributed by atoms with van der Waals surface area (Å²) in [7, 11) is 0. The maximum Gasteiger partial charge on any atom is 0.416 e. The Morgan fingerprint density at radius 1 is 1.09 bits per heavy atom. The van der Waals surface area contributed by atoms with Crippen molar-refractivity contribution in [2.75, 3.05) is 18.1 Å². The largest absolute Gasteiger partial charge is 0.457 e. The molecule has 0 aliphatic carbocycles. The summed E-state index contributed by atoms with van der Waals surface area (Å²) in [6.45, 7) is -0.262. The van der Waals surface area contributed by atoms with E-state index < -0.39 is 17.3 Å². The van der Waals surface area contributed by atoms with Crippen molar-refractivity contribution in [2.24, 2.45) is 4.99 Å². The summed E-state index contributed by atoms with van der Waals surface area (Å²) in [5.74, 6) is 1.27. The second-order valence-corrected chi connectivity index (χ2v) is 8.28. The van der Waals surface area contributed by atoms with Gasteiger partial charge in [-0.25, -0.2) is 4.99 Å². The molecule has 0 radical (unpaired) electrons. The maximum absolute atomic E-state index is 13.5. The first-order chi connectivity index (χ1) is 16.8. The zero-order valence-electron chi connectivity index (χ0n) is 18.3. The molecule has 3 aromatic carbocycles. The number of rotatable bonds is 6. The molecule has 1 heterocycles. The number of aliphatic hydroxyl groups excluding tert-OH is 1. The summed E-state index contributed by atoms with van der Waals surface area (Å²) in [6, 6.07) is 18.6. The van der Waals surface area contributed by atoms with Gasteiger partial charge in [0.15, 0.2) is 6.19 Å². The predicted molar refractivity (Wildman–Crippen MR) is 126 cm³/mol. The summed E-state index contributed by atoms with van der Waals surface area (Å²) >= 11 is 5.90. The Hall–Kier alpha value is -3.74. The van der Waals surface area contributed by atoms with E-state index in [0.717, 1.165) is 12.1 Å². The Bertz CT molecular complexity index is 1260. The van der Waals surface area contributed by atoms with E-state index in [1.807, 2.05) is 6.19 Å². The molecular weight excluding hydrogens is 481 g/mol. The van der Waals surface area contributed by atoms with Crippen LogP contribution in [0, 0.1) is 11.5 Å². The van der Waals surface area contributed by atoms with Gasteiger partial charge >= 0.3 is 6.18 Å². The number of nitrogens with one attached hydrogen (secondary N) is 1. The third-order valence-corrected chi connectivity index (χ3v) is 5.95. The van der Waals surface area contributed by atoms with E-state index in [1.54, 1.807) is 59.5 Å². The lowest BCUT2D eigenvalue weighted by atomic mass is 9.84. The van der Waals surface area contributed by atoms with Crippen LogP contribution in [0.5, 0.6) is 11.5 Å². The van der Waals surface area contributed by atoms with Crippen LogP contribution >= 0.6 is 11.6 Å². The first kappa shape index (κ1) is 24.4. The first-order valence-corrected chi connectivity index (χ1v) is 11.0. The monoisotopic (exact) mass is 500 g/mol. The number of nitrogens with zero attached hydrogens (tertiary/aromatic N) is 3. The zero-order chi connectivity index (χ0) is 25.1. The van der Waals surface area contributed by atoms with Gasteiger partial charge < -0.3 is 9.84 Å². The van der Waals surface area contributed by atoms with Crippen LogP contribution in [0.15, 0.2) is 77.8 Å². The van der Waals surface area contributed by atoms with E-state index in [-0.39, 0.29) is 25.5 Å². The number of hydrogen-bond acceptors (Lipinski definition) is 6. The molecule has 0 fully saturated rings. The van der Waals surface area contributed by atoms with Gasteiger partial charge in [0, 0.05) is 23.7 Å². The minimum Gasteiger partial charge on any atom is -0.457 e. The molecule has 1 aliphatic rings. The molecule has 1 aliphatic heterocycles. The zero-order valence-corrected chi connectivity index (χ0v) is 19.0. The van der Waals surface area contributed by atoms with Crippen molar-refractivity contribution in [3.05, 3.63) is 88.9 Å². The van der Waals surface area contributed by atoms with Gasteiger partial charge in [0.05, 0.1) is 17.6 Å². The number of benzene rings is 3. The molecule has 0 unspecified atom stereocenters. The Labute approximate surface area is 204 Å². The molecule has 2 N–H and O–H groups in total. The van der Waals surface area contributed by atoms with Crippen molar-refractivity contribution in [3.63, 3.8) is 0 Å². The number of ether oxygens (including phenoxy) is 1. The quantitative estimate of drug-likeness (QED) is 0.336. The molecule has 0 saturated heterocycles. The lowest BCUT2D eigenvalue weighted by Crippen LogP contribution is -2.51. The molecule has 0 spiro atoms. The number of hydrogen-bond donors (Lipinski definition) is 2. The van der Waals surface area contributed by atoms with Gasteiger partial charge in [-0.05, 0) is 66.2 Å². The van der Waals surface area contributed by atoms with Gasteiger partial charge in [0.1, 0.15) is 11.5 Å². The molecule has 4 rings (SSSR count). The number of halogens is 4. The first-order valence-electron chi connectivity index (χ1n) is 10.6. The normalized spacial score (nSPS) is 17.6. The van der Waals surface area contributed by atoms with E-state index in [0.29, 0.717) is 27.8 Å². The Morgan fingerprint density at radius 3 is 2.34 bits per heavy atom. The van der Waals surface area contributed by atoms with Crippen LogP contribution in [0.25, 0.3) is 0 Å². The number of nitriles is 1. The minimum atomic E-state index is -4.53. The average molecular weight is 501 g/mol. The minimum absolute atomic E-state index is 0.0436. The van der Waals surface area contributed by atoms with Gasteiger partial charge in [-0.15, -0.1) is 0 Å². The standard InChI is InChI=1S/C25H20ClF3N4O2/c26-19-4-8-21(9-5-19)35-22-10-6-20(7-11-22)33-23(32-16-30)31-15-24(33,12-13-34)17-2-1-3-18(14-17)25(27,28)29/h1-11,14,34H,12-13,15H2,(H,31,32)/t24-/m1/s1. The summed E-state index contributed by atoms with van der Waals surface area (Å²) in [6.07, 6.45) is -2.63. The predicted octanol–water partition coefficient (Wildman–Crippen LogP) is 5.68. The van der Waals surface area contributed by atoms with E-state index in [2.05, 4.69) is 10.3 Å². The van der Waals surface area contributed by atoms with Gasteiger partial charge in [-0.1, -0.05) is 23.7 Å². The number of aliphatic imine (C=N–C) groups is 1. The topological polar surface area (TPSA) is 80.9 Å². The third-order valence-electron chi connectivity index (χ3n) is 5.69. The van der Waals surface area contributed by atoms with Crippen molar-refractivity contribution >= 4 is 23.2 Å². The smallest absolute Gasteiger partial charge is 0.416 e. The highest BCUT2D eigenvalue weighted by Gasteiger charge is 2.46. The van der Waals surface area contributed by atoms with E-state index in [9.17, 15) is 23.5 Å². The molecule has 3 aromatic rings. The highest BCUT2D eigenvalue weighted by Crippen LogP contribution is 2.42. The SMILES string of the molecule is N#CNC1=NC[C@](CCO)(c2cccc(C(F)(F)F)c2)N1c1ccc(Oc2ccc(Cl)cc2)cc1. The van der Waals surface area contributed by atoms with Crippen LogP contribution in [0.1, 0.15) is 17.5 Å². The Balaban J connectivity index is 1.73. The summed E-state index contributed by atoms with van der Waals surface area (Å²) in [5.41, 5.74) is -1.08. The summed E-state index contributed by atoms with van der Waals surface area (Å²) in [5, 5.41) is 22.2. The fourth-order valence-electron chi connectivity index (χ4n) is 4.09. The van der Waals surface area contributed by atoms with Crippen LogP contribution in [0.3, 0.4) is 0 Å². The number of alkyl halides is 3. The fraction of sp³-hybridized carbons (Fsp3) is 0.200. The molecule has 10 heteroatoms. The van der Waals surface area contributed by atoms with E-state index in [1.165, 1.54) is 6.07 Å². The van der Waals surface area contributed by atoms with Crippen molar-refractivity contribution < 1.29 is 23.0 Å². The summed E-state index contributed by atoms with van der Waals surface area (Å²) in [4.78, 5) is 6.04. The molecule has 0 saturated carbocycles. The van der Waals surface area contributed by atoms with Crippen LogP contribution in [-0.2, 0) is 11.7 Å². The Morgan fingerprint density at radius 2 is 1.74 bits per heavy atom. The van der Waals surface area contributed by atoms with Crippen LogP contribution < -0.4 is 15.0 Å². The summed E-state index contributed by atoms with van der Waals surface area (Å²) < 4.78 is 46.2. The fourth-order valence-corrected chi connectivity index (χ4v) is 4.22. The van der Waals surface area contributed by atoms with E-state index >= 15 is 0 Å². The number of aliphatic hydroxyl groups is 1. The van der Waals surface area contributed by atoms with Crippen LogP contribution in [-0.4, -0.2) is 24.2 Å². The lowest BCUT2D eigenvalue weighted by Gasteiger charge is -2.40. The molecule has 6 nitrogen and oxygen atoms in total. The van der Waals surface area contributed by atoms with Crippen molar-refractivity contribution in [1.29, 1.82) is 5.26 Å². The number of guanidine groups is 1. The molecular formula is C25H20ClF3N4O2. The van der Waals surface area contributed by atoms with Gasteiger partial charge in [0.2, 0.25) is 5.96 Å². The highest BCUT2D eigenvalue weighted by molar-refractivity contribution is 6.30. The van der Waals surface area contributed by atoms with Crippen molar-refractivity contribution in [3.8, 4) is 17.7 Å². The highest BCUT2D eigenvalue weighted by atomic mass is 35.5. The molecule has 0 amide bonds. The Kier molecular flexibility index (Phi) is 6.87. The molecule has 0 bridgehead atoms. The molecule has 35 heavy (non-hydrogen) atoms. The molecule has 1 atom stereocenters. The third kappa shape index (κ3) is 5.04. The van der Waals surface area contributed by atoms with E-state index in [4.69, 9.17) is 16.3 Å². The van der Waals surface area contributed by atoms with Crippen LogP contribution in [0.4, 0.5) is 18.9 Å². The second-order valence-electron chi connectivity index (χ2n) is 7.85. The average Bonchev–Trinajstić information content (AvgIpc) is 3.20. The van der Waals surface area contributed by atoms with Gasteiger partial charge in [-0.3, -0.25) is 10.2 Å². The number of anilines is 1. The lowest BCUT2D eigenvalue weighted by molar-refractivity contribution is -0.137. The van der Waals surface area contributed by atoms with Crippen molar-refractivity contribution in [1.82, 2.24) is 5.32 Å². The van der Waals surface area contributed by atoms with Gasteiger partial charge in [-0.2, -0.15) is 18.4 Å². The molecule has 0 aromatic heterocycles. The molecule has 180 valence electrons. The van der Waals surface area contributed by atoms with Crippen molar-refractivity contribution in [2.45, 2.75) is 18.1 Å². The van der Waals surface area contributed by atoms with Crippen LogP contribution in [0.2, 0.25) is 5.02 Å². The van der Waals surface area contributed by atoms with Gasteiger partial charge in [0.25, 0.3) is 0 Å².